The van der Waals surface area contributed by atoms with E-state index in [9.17, 15) is 10.2 Å². The Kier molecular flexibility index (Phi) is 3.69. The maximum Gasteiger partial charge on any atom is 0.292 e. The molecule has 0 bridgehead atoms. The molecule has 5 heteroatoms. The summed E-state index contributed by atoms with van der Waals surface area (Å²) in [6.45, 7) is 0. The standard InChI is InChI=1S/C17H12N3OS/c18-11-14-7-8-15(20(19)21)10-16(14)12-3-5-13(6-4-12)17-2-1-9-22-17/h1-10H,(H2,19,21)/q+1. The highest BCUT2D eigenvalue weighted by molar-refractivity contribution is 7.13. The maximum atomic E-state index is 11.3. The van der Waals surface area contributed by atoms with Crippen LogP contribution in [0, 0.1) is 16.2 Å². The van der Waals surface area contributed by atoms with Crippen molar-refractivity contribution in [3.63, 3.8) is 0 Å². The van der Waals surface area contributed by atoms with Gasteiger partial charge in [0.25, 0.3) is 5.69 Å². The van der Waals surface area contributed by atoms with E-state index in [4.69, 9.17) is 5.84 Å². The van der Waals surface area contributed by atoms with Crippen LogP contribution in [0.15, 0.2) is 60.0 Å². The fraction of sp³-hybridized carbons (Fsp3) is 0. The van der Waals surface area contributed by atoms with Crippen molar-refractivity contribution in [3.05, 3.63) is 70.4 Å². The van der Waals surface area contributed by atoms with Gasteiger partial charge in [-0.3, -0.25) is 0 Å². The minimum Gasteiger partial charge on any atom is -0.192 e. The topological polar surface area (TPSA) is 69.9 Å². The second kappa shape index (κ2) is 5.80. The Morgan fingerprint density at radius 3 is 2.36 bits per heavy atom. The summed E-state index contributed by atoms with van der Waals surface area (Å²) in [4.78, 5) is 12.7. The van der Waals surface area contributed by atoms with Gasteiger partial charge < -0.3 is 0 Å². The van der Waals surface area contributed by atoms with E-state index in [0.29, 0.717) is 21.7 Å². The van der Waals surface area contributed by atoms with Gasteiger partial charge in [0.15, 0.2) is 4.87 Å². The van der Waals surface area contributed by atoms with E-state index in [1.165, 1.54) is 10.9 Å². The number of nitrogens with zero attached hydrogens (tertiary/aromatic N) is 2. The van der Waals surface area contributed by atoms with Crippen molar-refractivity contribution in [2.45, 2.75) is 0 Å². The Balaban J connectivity index is 2.05. The zero-order valence-electron chi connectivity index (χ0n) is 11.6. The lowest BCUT2D eigenvalue weighted by molar-refractivity contribution is -0.474. The Morgan fingerprint density at radius 1 is 1.05 bits per heavy atom. The van der Waals surface area contributed by atoms with E-state index >= 15 is 0 Å². The zero-order chi connectivity index (χ0) is 15.5. The van der Waals surface area contributed by atoms with E-state index in [0.717, 1.165) is 11.1 Å². The normalized spacial score (nSPS) is 10.1. The Labute approximate surface area is 131 Å². The van der Waals surface area contributed by atoms with E-state index < -0.39 is 0 Å². The molecule has 0 amide bonds. The number of benzene rings is 2. The van der Waals surface area contributed by atoms with Crippen LogP contribution in [0.4, 0.5) is 5.69 Å². The molecule has 1 aromatic heterocycles. The highest BCUT2D eigenvalue weighted by Gasteiger charge is 2.14. The number of nitrogens with two attached hydrogens (primary N) is 1. The van der Waals surface area contributed by atoms with Gasteiger partial charge in [0.1, 0.15) is 0 Å². The minimum absolute atomic E-state index is 0.296. The zero-order valence-corrected chi connectivity index (χ0v) is 12.4. The number of hydrazine groups is 1. The third-order valence-electron chi connectivity index (χ3n) is 3.38. The number of rotatable bonds is 3. The predicted molar refractivity (Wildman–Crippen MR) is 87.4 cm³/mol. The first-order valence-electron chi connectivity index (χ1n) is 6.59. The molecule has 0 atom stereocenters. The quantitative estimate of drug-likeness (QED) is 0.447. The molecule has 0 fully saturated rings. The Morgan fingerprint density at radius 2 is 1.77 bits per heavy atom. The van der Waals surface area contributed by atoms with Gasteiger partial charge in [-0.1, -0.05) is 30.3 Å². The summed E-state index contributed by atoms with van der Waals surface area (Å²) in [6, 6.07) is 18.9. The summed E-state index contributed by atoms with van der Waals surface area (Å²) in [5.41, 5.74) is 3.52. The molecule has 0 aliphatic rings. The molecule has 2 N–H and O–H groups in total. The van der Waals surface area contributed by atoms with Gasteiger partial charge in [0.2, 0.25) is 0 Å². The number of thiophene rings is 1. The van der Waals surface area contributed by atoms with Gasteiger partial charge in [-0.05, 0) is 28.6 Å². The van der Waals surface area contributed by atoms with Crippen molar-refractivity contribution in [3.8, 4) is 27.6 Å². The SMILES string of the molecule is N#Cc1ccc([N+](N)=O)cc1-c1ccc(-c2cccs2)cc1. The van der Waals surface area contributed by atoms with Crippen LogP contribution in [0.3, 0.4) is 0 Å². The van der Waals surface area contributed by atoms with Crippen molar-refractivity contribution in [2.24, 2.45) is 5.84 Å². The Hall–Kier alpha value is -2.97. The van der Waals surface area contributed by atoms with E-state index in [-0.39, 0.29) is 0 Å². The van der Waals surface area contributed by atoms with Crippen LogP contribution in [-0.2, 0) is 0 Å². The molecular weight excluding hydrogens is 294 g/mol. The molecule has 0 saturated heterocycles. The Bertz CT molecular complexity index is 862. The summed E-state index contributed by atoms with van der Waals surface area (Å²) in [7, 11) is 0. The lowest BCUT2D eigenvalue weighted by Gasteiger charge is -2.05. The molecule has 22 heavy (non-hydrogen) atoms. The first-order chi connectivity index (χ1) is 10.7. The average Bonchev–Trinajstić information content (AvgIpc) is 3.09. The summed E-state index contributed by atoms with van der Waals surface area (Å²) in [5, 5.41) is 11.3. The third-order valence-corrected chi connectivity index (χ3v) is 4.30. The third kappa shape index (κ3) is 2.60. The van der Waals surface area contributed by atoms with Crippen LogP contribution in [0.5, 0.6) is 0 Å². The second-order valence-corrected chi connectivity index (χ2v) is 5.67. The van der Waals surface area contributed by atoms with Crippen LogP contribution in [-0.4, -0.2) is 4.87 Å². The monoisotopic (exact) mass is 306 g/mol. The number of hydrogen-bond acceptors (Lipinski definition) is 3. The molecule has 0 aliphatic heterocycles. The molecule has 0 unspecified atom stereocenters. The predicted octanol–water partition coefficient (Wildman–Crippen LogP) is 4.24. The van der Waals surface area contributed by atoms with E-state index in [1.807, 2.05) is 35.7 Å². The first kappa shape index (κ1) is 14.0. The van der Waals surface area contributed by atoms with Gasteiger partial charge in [0, 0.05) is 22.6 Å². The molecule has 0 radical (unpaired) electrons. The molecule has 106 valence electrons. The van der Waals surface area contributed by atoms with Crippen molar-refractivity contribution < 1.29 is 4.87 Å². The van der Waals surface area contributed by atoms with Crippen LogP contribution < -0.4 is 5.84 Å². The fourth-order valence-electron chi connectivity index (χ4n) is 2.26. The van der Waals surface area contributed by atoms with Crippen LogP contribution in [0.1, 0.15) is 5.56 Å². The highest BCUT2D eigenvalue weighted by Crippen LogP contribution is 2.30. The molecule has 0 spiro atoms. The maximum absolute atomic E-state index is 11.3. The van der Waals surface area contributed by atoms with Crippen molar-refractivity contribution >= 4 is 17.0 Å². The second-order valence-electron chi connectivity index (χ2n) is 4.72. The molecule has 0 aliphatic carbocycles. The van der Waals surface area contributed by atoms with Gasteiger partial charge in [-0.25, -0.2) is 0 Å². The molecular formula is C17H12N3OS+. The van der Waals surface area contributed by atoms with Crippen molar-refractivity contribution in [1.82, 2.24) is 0 Å². The number of nitroso groups, excluding NO2 is 1. The summed E-state index contributed by atoms with van der Waals surface area (Å²) in [6.07, 6.45) is 0. The van der Waals surface area contributed by atoms with Gasteiger partial charge >= 0.3 is 0 Å². The van der Waals surface area contributed by atoms with Crippen molar-refractivity contribution in [2.75, 3.05) is 0 Å². The van der Waals surface area contributed by atoms with E-state index in [2.05, 4.69) is 12.1 Å². The smallest absolute Gasteiger partial charge is 0.192 e. The lowest BCUT2D eigenvalue weighted by Crippen LogP contribution is -2.08. The minimum atomic E-state index is 0.296. The lowest BCUT2D eigenvalue weighted by atomic mass is 9.98. The molecule has 3 rings (SSSR count). The highest BCUT2D eigenvalue weighted by atomic mass is 32.1. The van der Waals surface area contributed by atoms with Gasteiger partial charge in [-0.2, -0.15) is 11.1 Å². The molecule has 2 aromatic carbocycles. The molecule has 3 aromatic rings. The summed E-state index contributed by atoms with van der Waals surface area (Å²) in [5.74, 6) is 5.24. The summed E-state index contributed by atoms with van der Waals surface area (Å²) < 4.78 is 0. The largest absolute Gasteiger partial charge is 0.292 e. The number of nitriles is 1. The van der Waals surface area contributed by atoms with Gasteiger partial charge in [-0.15, -0.1) is 11.3 Å². The van der Waals surface area contributed by atoms with Gasteiger partial charge in [0.05, 0.1) is 16.5 Å². The van der Waals surface area contributed by atoms with Crippen molar-refractivity contribution in [1.29, 1.82) is 5.26 Å². The van der Waals surface area contributed by atoms with E-state index in [1.54, 1.807) is 23.5 Å². The van der Waals surface area contributed by atoms with Crippen LogP contribution in [0.2, 0.25) is 0 Å². The first-order valence-corrected chi connectivity index (χ1v) is 7.47. The summed E-state index contributed by atoms with van der Waals surface area (Å²) >= 11 is 1.67. The van der Waals surface area contributed by atoms with Crippen LogP contribution >= 0.6 is 11.3 Å². The number of hydrogen-bond donors (Lipinski definition) is 1. The van der Waals surface area contributed by atoms with Crippen LogP contribution in [0.25, 0.3) is 21.6 Å². The molecule has 0 saturated carbocycles. The fourth-order valence-corrected chi connectivity index (χ4v) is 3.00. The average molecular weight is 306 g/mol. The molecule has 4 nitrogen and oxygen atoms in total. The molecule has 1 heterocycles.